The van der Waals surface area contributed by atoms with Crippen LogP contribution < -0.4 is 15.8 Å². The first-order chi connectivity index (χ1) is 9.10. The smallest absolute Gasteiger partial charge is 0.278 e. The molecular weight excluding hydrogens is 270 g/mol. The number of pyridine rings is 1. The molecule has 19 heavy (non-hydrogen) atoms. The topological polar surface area (TPSA) is 103 Å². The number of anilines is 2. The molecule has 0 bridgehead atoms. The maximum absolute atomic E-state index is 11.9. The lowest BCUT2D eigenvalue weighted by Gasteiger charge is -2.06. The SMILES string of the molecule is COc1cc(Cl)nc(NC(=O)c2ncccc2N)n1. The Morgan fingerprint density at radius 3 is 2.95 bits per heavy atom. The summed E-state index contributed by atoms with van der Waals surface area (Å²) in [6, 6.07) is 4.62. The summed E-state index contributed by atoms with van der Waals surface area (Å²) in [4.78, 5) is 23.6. The fraction of sp³-hybridized carbons (Fsp3) is 0.0909. The number of methoxy groups -OCH3 is 1. The third-order valence-electron chi connectivity index (χ3n) is 2.16. The molecule has 0 aromatic carbocycles. The second kappa shape index (κ2) is 5.49. The summed E-state index contributed by atoms with van der Waals surface area (Å²) in [5, 5.41) is 2.60. The molecule has 3 N–H and O–H groups in total. The molecule has 0 aliphatic heterocycles. The number of carbonyl (C=O) groups is 1. The van der Waals surface area contributed by atoms with Gasteiger partial charge in [-0.1, -0.05) is 11.6 Å². The molecular formula is C11H10ClN5O2. The zero-order valence-corrected chi connectivity index (χ0v) is 10.7. The van der Waals surface area contributed by atoms with Crippen molar-refractivity contribution in [2.75, 3.05) is 18.2 Å². The molecule has 0 aliphatic carbocycles. The van der Waals surface area contributed by atoms with Crippen LogP contribution in [0.5, 0.6) is 5.88 Å². The van der Waals surface area contributed by atoms with E-state index in [4.69, 9.17) is 22.1 Å². The normalized spacial score (nSPS) is 10.0. The van der Waals surface area contributed by atoms with Gasteiger partial charge < -0.3 is 10.5 Å². The number of ether oxygens (including phenoxy) is 1. The number of aromatic nitrogens is 3. The Balaban J connectivity index is 2.24. The molecule has 0 radical (unpaired) electrons. The Morgan fingerprint density at radius 2 is 2.26 bits per heavy atom. The van der Waals surface area contributed by atoms with Crippen molar-refractivity contribution < 1.29 is 9.53 Å². The van der Waals surface area contributed by atoms with Gasteiger partial charge >= 0.3 is 0 Å². The van der Waals surface area contributed by atoms with Gasteiger partial charge in [-0.25, -0.2) is 9.97 Å². The lowest BCUT2D eigenvalue weighted by atomic mass is 10.3. The molecule has 0 fully saturated rings. The summed E-state index contributed by atoms with van der Waals surface area (Å²) < 4.78 is 4.92. The number of rotatable bonds is 3. The quantitative estimate of drug-likeness (QED) is 0.823. The van der Waals surface area contributed by atoms with E-state index in [0.29, 0.717) is 0 Å². The minimum absolute atomic E-state index is 0.0133. The molecule has 8 heteroatoms. The van der Waals surface area contributed by atoms with Gasteiger partial charge in [0, 0.05) is 12.3 Å². The Hall–Kier alpha value is -2.41. The fourth-order valence-corrected chi connectivity index (χ4v) is 1.50. The van der Waals surface area contributed by atoms with Crippen molar-refractivity contribution in [2.45, 2.75) is 0 Å². The van der Waals surface area contributed by atoms with E-state index in [1.165, 1.54) is 19.4 Å². The number of nitrogen functional groups attached to an aromatic ring is 1. The number of nitrogens with two attached hydrogens (primary N) is 1. The van der Waals surface area contributed by atoms with Crippen LogP contribution in [0, 0.1) is 0 Å². The van der Waals surface area contributed by atoms with Crippen molar-refractivity contribution >= 4 is 29.1 Å². The molecule has 0 spiro atoms. The second-order valence-corrected chi connectivity index (χ2v) is 3.84. The van der Waals surface area contributed by atoms with Crippen molar-refractivity contribution in [1.82, 2.24) is 15.0 Å². The van der Waals surface area contributed by atoms with E-state index in [1.54, 1.807) is 12.1 Å². The highest BCUT2D eigenvalue weighted by Crippen LogP contribution is 2.16. The third-order valence-corrected chi connectivity index (χ3v) is 2.35. The summed E-state index contributed by atoms with van der Waals surface area (Å²) in [6.45, 7) is 0. The maximum Gasteiger partial charge on any atom is 0.278 e. The van der Waals surface area contributed by atoms with Gasteiger partial charge in [0.25, 0.3) is 5.91 Å². The molecule has 0 aliphatic rings. The second-order valence-electron chi connectivity index (χ2n) is 3.45. The van der Waals surface area contributed by atoms with Gasteiger partial charge in [0.15, 0.2) is 5.69 Å². The first kappa shape index (κ1) is 13.0. The molecule has 2 rings (SSSR count). The van der Waals surface area contributed by atoms with Crippen LogP contribution in [0.3, 0.4) is 0 Å². The molecule has 7 nitrogen and oxygen atoms in total. The van der Waals surface area contributed by atoms with E-state index in [1.807, 2.05) is 0 Å². The van der Waals surface area contributed by atoms with Crippen LogP contribution >= 0.6 is 11.6 Å². The minimum atomic E-state index is -0.526. The van der Waals surface area contributed by atoms with Crippen LogP contribution in [0.15, 0.2) is 24.4 Å². The molecule has 2 aromatic rings. The lowest BCUT2D eigenvalue weighted by molar-refractivity contribution is 0.102. The molecule has 0 unspecified atom stereocenters. The van der Waals surface area contributed by atoms with Crippen LogP contribution in [0.25, 0.3) is 0 Å². The standard InChI is InChI=1S/C11H10ClN5O2/c1-19-8-5-7(12)15-11(16-8)17-10(18)9-6(13)3-2-4-14-9/h2-5H,13H2,1H3,(H,15,16,17,18). The van der Waals surface area contributed by atoms with Gasteiger partial charge in [-0.3, -0.25) is 10.1 Å². The fourth-order valence-electron chi connectivity index (χ4n) is 1.33. The zero-order valence-electron chi connectivity index (χ0n) is 9.92. The van der Waals surface area contributed by atoms with Gasteiger partial charge in [0.1, 0.15) is 5.15 Å². The Labute approximate surface area is 113 Å². The van der Waals surface area contributed by atoms with Gasteiger partial charge in [-0.05, 0) is 12.1 Å². The number of hydrogen-bond acceptors (Lipinski definition) is 6. The summed E-state index contributed by atoms with van der Waals surface area (Å²) >= 11 is 5.77. The number of hydrogen-bond donors (Lipinski definition) is 2. The predicted molar refractivity (Wildman–Crippen MR) is 70.2 cm³/mol. The molecule has 98 valence electrons. The molecule has 2 heterocycles. The molecule has 1 amide bonds. The van der Waals surface area contributed by atoms with E-state index in [9.17, 15) is 4.79 Å². The van der Waals surface area contributed by atoms with E-state index in [2.05, 4.69) is 20.3 Å². The molecule has 2 aromatic heterocycles. The van der Waals surface area contributed by atoms with Gasteiger partial charge in [0.05, 0.1) is 12.8 Å². The Morgan fingerprint density at radius 1 is 1.47 bits per heavy atom. The van der Waals surface area contributed by atoms with Crippen LogP contribution in [-0.2, 0) is 0 Å². The summed E-state index contributed by atoms with van der Waals surface area (Å²) in [5.41, 5.74) is 5.99. The van der Waals surface area contributed by atoms with Gasteiger partial charge in [-0.15, -0.1) is 0 Å². The van der Waals surface area contributed by atoms with Crippen LogP contribution in [-0.4, -0.2) is 28.0 Å². The van der Waals surface area contributed by atoms with Crippen molar-refractivity contribution in [1.29, 1.82) is 0 Å². The monoisotopic (exact) mass is 279 g/mol. The number of nitrogens with one attached hydrogen (secondary N) is 1. The summed E-state index contributed by atoms with van der Waals surface area (Å²) in [5.74, 6) is -0.272. The van der Waals surface area contributed by atoms with Crippen molar-refractivity contribution in [3.8, 4) is 5.88 Å². The van der Waals surface area contributed by atoms with E-state index < -0.39 is 5.91 Å². The average Bonchev–Trinajstić information content (AvgIpc) is 2.38. The number of carbonyl (C=O) groups excluding carboxylic acids is 1. The van der Waals surface area contributed by atoms with E-state index >= 15 is 0 Å². The lowest BCUT2D eigenvalue weighted by Crippen LogP contribution is -2.17. The first-order valence-electron chi connectivity index (χ1n) is 5.20. The Bertz CT molecular complexity index is 620. The number of nitrogens with zero attached hydrogens (tertiary/aromatic N) is 3. The van der Waals surface area contributed by atoms with E-state index in [-0.39, 0.29) is 28.4 Å². The summed E-state index contributed by atoms with van der Waals surface area (Å²) in [6.07, 6.45) is 1.46. The number of halogens is 1. The average molecular weight is 280 g/mol. The van der Waals surface area contributed by atoms with Gasteiger partial charge in [-0.2, -0.15) is 4.98 Å². The first-order valence-corrected chi connectivity index (χ1v) is 5.58. The zero-order chi connectivity index (χ0) is 13.8. The highest BCUT2D eigenvalue weighted by atomic mass is 35.5. The van der Waals surface area contributed by atoms with Crippen molar-refractivity contribution in [3.63, 3.8) is 0 Å². The molecule has 0 saturated heterocycles. The summed E-state index contributed by atoms with van der Waals surface area (Å²) in [7, 11) is 1.43. The third kappa shape index (κ3) is 3.08. The Kier molecular flexibility index (Phi) is 3.76. The highest BCUT2D eigenvalue weighted by molar-refractivity contribution is 6.29. The van der Waals surface area contributed by atoms with Crippen LogP contribution in [0.1, 0.15) is 10.5 Å². The van der Waals surface area contributed by atoms with Crippen LogP contribution in [0.2, 0.25) is 5.15 Å². The largest absolute Gasteiger partial charge is 0.481 e. The van der Waals surface area contributed by atoms with Crippen LogP contribution in [0.4, 0.5) is 11.6 Å². The predicted octanol–water partition coefficient (Wildman–Crippen LogP) is 1.37. The number of amides is 1. The molecule has 0 atom stereocenters. The van der Waals surface area contributed by atoms with Crippen molar-refractivity contribution in [3.05, 3.63) is 35.2 Å². The van der Waals surface area contributed by atoms with E-state index in [0.717, 1.165) is 0 Å². The highest BCUT2D eigenvalue weighted by Gasteiger charge is 2.13. The van der Waals surface area contributed by atoms with Crippen molar-refractivity contribution in [2.24, 2.45) is 0 Å². The van der Waals surface area contributed by atoms with Gasteiger partial charge in [0.2, 0.25) is 11.8 Å². The maximum atomic E-state index is 11.9. The minimum Gasteiger partial charge on any atom is -0.481 e. The molecule has 0 saturated carbocycles.